The predicted molar refractivity (Wildman–Crippen MR) is 108 cm³/mol. The lowest BCUT2D eigenvalue weighted by Gasteiger charge is -2.13. The molecule has 2 aromatic rings. The van der Waals surface area contributed by atoms with Crippen LogP contribution in [0.25, 0.3) is 0 Å². The summed E-state index contributed by atoms with van der Waals surface area (Å²) in [5.74, 6) is 2.74. The SMILES string of the molecule is CCOc1ccc(CCC(=O)NCc2ccc(OC)c(OC)c2)cc1OCC. The Labute approximate surface area is 166 Å². The number of benzene rings is 2. The zero-order valence-corrected chi connectivity index (χ0v) is 17.0. The smallest absolute Gasteiger partial charge is 0.220 e. The Kier molecular flexibility index (Phi) is 8.46. The van der Waals surface area contributed by atoms with Crippen molar-refractivity contribution >= 4 is 5.91 Å². The summed E-state index contributed by atoms with van der Waals surface area (Å²) in [6.45, 7) is 5.45. The van der Waals surface area contributed by atoms with E-state index in [4.69, 9.17) is 18.9 Å². The number of carbonyl (C=O) groups is 1. The van der Waals surface area contributed by atoms with Gasteiger partial charge >= 0.3 is 0 Å². The molecule has 0 aromatic heterocycles. The molecule has 0 aliphatic heterocycles. The molecule has 0 spiro atoms. The van der Waals surface area contributed by atoms with Gasteiger partial charge in [0.1, 0.15) is 0 Å². The highest BCUT2D eigenvalue weighted by Gasteiger charge is 2.09. The minimum absolute atomic E-state index is 0.0124. The van der Waals surface area contributed by atoms with E-state index in [0.29, 0.717) is 49.8 Å². The molecule has 0 heterocycles. The first-order chi connectivity index (χ1) is 13.6. The molecule has 6 nitrogen and oxygen atoms in total. The van der Waals surface area contributed by atoms with Gasteiger partial charge in [-0.3, -0.25) is 4.79 Å². The molecular weight excluding hydrogens is 358 g/mol. The summed E-state index contributed by atoms with van der Waals surface area (Å²) < 4.78 is 21.7. The van der Waals surface area contributed by atoms with Crippen molar-refractivity contribution in [3.63, 3.8) is 0 Å². The summed E-state index contributed by atoms with van der Waals surface area (Å²) in [7, 11) is 3.19. The van der Waals surface area contributed by atoms with E-state index in [1.807, 2.05) is 50.2 Å². The van der Waals surface area contributed by atoms with E-state index in [-0.39, 0.29) is 5.91 Å². The predicted octanol–water partition coefficient (Wildman–Crippen LogP) is 3.75. The normalized spacial score (nSPS) is 10.3. The lowest BCUT2D eigenvalue weighted by molar-refractivity contribution is -0.121. The lowest BCUT2D eigenvalue weighted by Crippen LogP contribution is -2.23. The van der Waals surface area contributed by atoms with Gasteiger partial charge in [-0.15, -0.1) is 0 Å². The molecule has 0 aliphatic carbocycles. The molecule has 0 fully saturated rings. The summed E-state index contributed by atoms with van der Waals surface area (Å²) in [4.78, 5) is 12.2. The van der Waals surface area contributed by atoms with Crippen molar-refractivity contribution in [3.05, 3.63) is 47.5 Å². The van der Waals surface area contributed by atoms with Crippen LogP contribution in [-0.4, -0.2) is 33.3 Å². The van der Waals surface area contributed by atoms with Crippen molar-refractivity contribution in [2.75, 3.05) is 27.4 Å². The zero-order valence-electron chi connectivity index (χ0n) is 17.0. The fourth-order valence-corrected chi connectivity index (χ4v) is 2.79. The molecule has 0 aliphatic rings. The van der Waals surface area contributed by atoms with Crippen LogP contribution in [0.2, 0.25) is 0 Å². The van der Waals surface area contributed by atoms with Crippen LogP contribution in [0.3, 0.4) is 0 Å². The van der Waals surface area contributed by atoms with E-state index >= 15 is 0 Å². The van der Waals surface area contributed by atoms with E-state index in [1.54, 1.807) is 14.2 Å². The zero-order chi connectivity index (χ0) is 20.4. The first kappa shape index (κ1) is 21.4. The van der Waals surface area contributed by atoms with Gasteiger partial charge in [-0.25, -0.2) is 0 Å². The van der Waals surface area contributed by atoms with E-state index in [0.717, 1.165) is 16.9 Å². The summed E-state index contributed by atoms with van der Waals surface area (Å²) in [6.07, 6.45) is 1.02. The highest BCUT2D eigenvalue weighted by Crippen LogP contribution is 2.29. The average Bonchev–Trinajstić information content (AvgIpc) is 2.72. The number of nitrogens with one attached hydrogen (secondary N) is 1. The van der Waals surface area contributed by atoms with Crippen LogP contribution >= 0.6 is 0 Å². The molecule has 2 aromatic carbocycles. The second kappa shape index (κ2) is 11.1. The van der Waals surface area contributed by atoms with Crippen molar-refractivity contribution in [2.45, 2.75) is 33.2 Å². The van der Waals surface area contributed by atoms with Gasteiger partial charge in [0.2, 0.25) is 5.91 Å². The molecule has 6 heteroatoms. The van der Waals surface area contributed by atoms with E-state index < -0.39 is 0 Å². The molecule has 0 saturated carbocycles. The minimum atomic E-state index is -0.0124. The maximum atomic E-state index is 12.2. The third kappa shape index (κ3) is 6.08. The molecule has 152 valence electrons. The Morgan fingerprint density at radius 3 is 2.11 bits per heavy atom. The van der Waals surface area contributed by atoms with Gasteiger partial charge in [0.15, 0.2) is 23.0 Å². The fraction of sp³-hybridized carbons (Fsp3) is 0.409. The van der Waals surface area contributed by atoms with Crippen molar-refractivity contribution in [1.82, 2.24) is 5.32 Å². The Bertz CT molecular complexity index is 776. The largest absolute Gasteiger partial charge is 0.493 e. The van der Waals surface area contributed by atoms with Crippen LogP contribution in [0.4, 0.5) is 0 Å². The molecule has 0 bridgehead atoms. The second-order valence-corrected chi connectivity index (χ2v) is 6.11. The van der Waals surface area contributed by atoms with Crippen molar-refractivity contribution in [3.8, 4) is 23.0 Å². The van der Waals surface area contributed by atoms with Crippen molar-refractivity contribution < 1.29 is 23.7 Å². The summed E-state index contributed by atoms with van der Waals surface area (Å²) >= 11 is 0. The number of amides is 1. The molecular formula is C22H29NO5. The number of rotatable bonds is 11. The molecule has 0 radical (unpaired) electrons. The number of carbonyl (C=O) groups excluding carboxylic acids is 1. The Morgan fingerprint density at radius 1 is 0.821 bits per heavy atom. The number of hydrogen-bond donors (Lipinski definition) is 1. The highest BCUT2D eigenvalue weighted by atomic mass is 16.5. The van der Waals surface area contributed by atoms with E-state index in [1.165, 1.54) is 0 Å². The Balaban J connectivity index is 1.89. The maximum absolute atomic E-state index is 12.2. The van der Waals surface area contributed by atoms with Gasteiger partial charge < -0.3 is 24.3 Å². The molecule has 0 saturated heterocycles. The van der Waals surface area contributed by atoms with Crippen LogP contribution < -0.4 is 24.3 Å². The third-order valence-corrected chi connectivity index (χ3v) is 4.19. The number of hydrogen-bond acceptors (Lipinski definition) is 5. The Hall–Kier alpha value is -2.89. The van der Waals surface area contributed by atoms with Crippen molar-refractivity contribution in [2.24, 2.45) is 0 Å². The van der Waals surface area contributed by atoms with Gasteiger partial charge in [-0.05, 0) is 55.7 Å². The molecule has 2 rings (SSSR count). The fourth-order valence-electron chi connectivity index (χ4n) is 2.79. The van der Waals surface area contributed by atoms with Crippen LogP contribution in [0.5, 0.6) is 23.0 Å². The molecule has 0 unspecified atom stereocenters. The van der Waals surface area contributed by atoms with Gasteiger partial charge in [0.25, 0.3) is 0 Å². The van der Waals surface area contributed by atoms with Crippen LogP contribution in [-0.2, 0) is 17.8 Å². The monoisotopic (exact) mass is 387 g/mol. The van der Waals surface area contributed by atoms with Crippen molar-refractivity contribution in [1.29, 1.82) is 0 Å². The van der Waals surface area contributed by atoms with Crippen LogP contribution in [0.1, 0.15) is 31.4 Å². The number of methoxy groups -OCH3 is 2. The van der Waals surface area contributed by atoms with Crippen LogP contribution in [0.15, 0.2) is 36.4 Å². The maximum Gasteiger partial charge on any atom is 0.220 e. The first-order valence-electron chi connectivity index (χ1n) is 9.47. The summed E-state index contributed by atoms with van der Waals surface area (Å²) in [5, 5.41) is 2.94. The van der Waals surface area contributed by atoms with Gasteiger partial charge in [0.05, 0.1) is 27.4 Å². The molecule has 28 heavy (non-hydrogen) atoms. The average molecular weight is 387 g/mol. The van der Waals surface area contributed by atoms with Gasteiger partial charge in [0, 0.05) is 13.0 Å². The first-order valence-corrected chi connectivity index (χ1v) is 9.47. The quantitative estimate of drug-likeness (QED) is 0.636. The molecule has 0 atom stereocenters. The lowest BCUT2D eigenvalue weighted by atomic mass is 10.1. The molecule has 1 amide bonds. The van der Waals surface area contributed by atoms with E-state index in [2.05, 4.69) is 5.32 Å². The number of ether oxygens (including phenoxy) is 4. The summed E-state index contributed by atoms with van der Waals surface area (Å²) in [5.41, 5.74) is 1.99. The minimum Gasteiger partial charge on any atom is -0.493 e. The summed E-state index contributed by atoms with van der Waals surface area (Å²) in [6, 6.07) is 11.4. The standard InChI is InChI=1S/C22H29NO5/c1-5-27-19-11-7-16(13-21(19)28-6-2)9-12-22(24)23-15-17-8-10-18(25-3)20(14-17)26-4/h7-8,10-11,13-14H,5-6,9,12,15H2,1-4H3,(H,23,24). The number of aryl methyl sites for hydroxylation is 1. The van der Waals surface area contributed by atoms with Gasteiger partial charge in [-0.2, -0.15) is 0 Å². The Morgan fingerprint density at radius 2 is 1.43 bits per heavy atom. The topological polar surface area (TPSA) is 66.0 Å². The van der Waals surface area contributed by atoms with Crippen LogP contribution in [0, 0.1) is 0 Å². The molecule has 1 N–H and O–H groups in total. The second-order valence-electron chi connectivity index (χ2n) is 6.11. The van der Waals surface area contributed by atoms with E-state index in [9.17, 15) is 4.79 Å². The third-order valence-electron chi connectivity index (χ3n) is 4.19. The van der Waals surface area contributed by atoms with Gasteiger partial charge in [-0.1, -0.05) is 12.1 Å². The highest BCUT2D eigenvalue weighted by molar-refractivity contribution is 5.76.